The van der Waals surface area contributed by atoms with E-state index >= 15 is 0 Å². The van der Waals surface area contributed by atoms with E-state index in [-0.39, 0.29) is 18.9 Å². The molecule has 1 aliphatic rings. The number of nitrogens with zero attached hydrogens (tertiary/aromatic N) is 1. The summed E-state index contributed by atoms with van der Waals surface area (Å²) in [5, 5.41) is 12.0. The molecule has 1 aliphatic carbocycles. The highest BCUT2D eigenvalue weighted by Crippen LogP contribution is 2.44. The van der Waals surface area contributed by atoms with Gasteiger partial charge in [-0.05, 0) is 40.7 Å². The molecule has 0 saturated heterocycles. The van der Waals surface area contributed by atoms with Crippen LogP contribution in [0.3, 0.4) is 0 Å². The van der Waals surface area contributed by atoms with E-state index in [1.54, 1.807) is 12.3 Å². The van der Waals surface area contributed by atoms with Crippen molar-refractivity contribution in [2.45, 2.75) is 24.8 Å². The smallest absolute Gasteiger partial charge is 0.407 e. The van der Waals surface area contributed by atoms with Gasteiger partial charge in [0.2, 0.25) is 5.88 Å². The number of methoxy groups -OCH3 is 1. The highest BCUT2D eigenvalue weighted by Gasteiger charge is 2.29. The number of hydrogen-bond acceptors (Lipinski definition) is 5. The third kappa shape index (κ3) is 4.56. The largest absolute Gasteiger partial charge is 0.481 e. The molecule has 7 nitrogen and oxygen atoms in total. The zero-order valence-corrected chi connectivity index (χ0v) is 17.7. The van der Waals surface area contributed by atoms with E-state index in [2.05, 4.69) is 22.4 Å². The second-order valence-electron chi connectivity index (χ2n) is 7.61. The summed E-state index contributed by atoms with van der Waals surface area (Å²) in [5.74, 6) is -0.706. The van der Waals surface area contributed by atoms with Gasteiger partial charge in [-0.25, -0.2) is 14.6 Å². The molecule has 1 amide bonds. The molecule has 0 spiro atoms. The minimum absolute atomic E-state index is 0.0817. The number of carbonyl (C=O) groups is 2. The van der Waals surface area contributed by atoms with E-state index in [0.29, 0.717) is 12.3 Å². The van der Waals surface area contributed by atoms with Crippen LogP contribution in [0, 0.1) is 0 Å². The first-order valence-corrected chi connectivity index (χ1v) is 10.4. The Morgan fingerprint density at radius 1 is 1.03 bits per heavy atom. The van der Waals surface area contributed by atoms with Crippen molar-refractivity contribution in [3.05, 3.63) is 83.6 Å². The van der Waals surface area contributed by atoms with Gasteiger partial charge in [-0.2, -0.15) is 0 Å². The molecule has 0 radical (unpaired) electrons. The van der Waals surface area contributed by atoms with Crippen molar-refractivity contribution in [1.29, 1.82) is 0 Å². The van der Waals surface area contributed by atoms with Crippen molar-refractivity contribution in [3.63, 3.8) is 0 Å². The van der Waals surface area contributed by atoms with Crippen molar-refractivity contribution >= 4 is 12.1 Å². The minimum Gasteiger partial charge on any atom is -0.481 e. The second-order valence-corrected chi connectivity index (χ2v) is 7.61. The molecule has 2 N–H and O–H groups in total. The zero-order chi connectivity index (χ0) is 22.5. The number of hydrogen-bond donors (Lipinski definition) is 2. The van der Waals surface area contributed by atoms with E-state index in [0.717, 1.165) is 27.8 Å². The van der Waals surface area contributed by atoms with Gasteiger partial charge in [0.05, 0.1) is 7.11 Å². The number of rotatable bonds is 8. The van der Waals surface area contributed by atoms with Crippen LogP contribution in [0.5, 0.6) is 5.88 Å². The van der Waals surface area contributed by atoms with Crippen molar-refractivity contribution in [1.82, 2.24) is 10.3 Å². The van der Waals surface area contributed by atoms with E-state index < -0.39 is 18.1 Å². The fraction of sp³-hybridized carbons (Fsp3) is 0.240. The highest BCUT2D eigenvalue weighted by molar-refractivity contribution is 5.81. The average Bonchev–Trinajstić information content (AvgIpc) is 3.14. The maximum atomic E-state index is 12.4. The molecular formula is C25H24N2O5. The molecule has 2 aromatic carbocycles. The summed E-state index contributed by atoms with van der Waals surface area (Å²) in [4.78, 5) is 28.2. The molecule has 0 fully saturated rings. The average molecular weight is 432 g/mol. The molecule has 0 aliphatic heterocycles. The number of pyridine rings is 1. The molecule has 1 atom stereocenters. The molecule has 4 rings (SSSR count). The van der Waals surface area contributed by atoms with Crippen LogP contribution in [0.15, 0.2) is 66.9 Å². The molecule has 32 heavy (non-hydrogen) atoms. The summed E-state index contributed by atoms with van der Waals surface area (Å²) in [7, 11) is 1.53. The lowest BCUT2D eigenvalue weighted by Crippen LogP contribution is -2.41. The predicted octanol–water partition coefficient (Wildman–Crippen LogP) is 4.01. The SMILES string of the molecule is COc1ccc(CC[C@H](NC(=O)OCC2c3ccccc3-c3ccccc32)C(=O)O)cn1. The lowest BCUT2D eigenvalue weighted by molar-refractivity contribution is -0.139. The van der Waals surface area contributed by atoms with Gasteiger partial charge in [0.1, 0.15) is 12.6 Å². The number of fused-ring (bicyclic) bond motifs is 3. The summed E-state index contributed by atoms with van der Waals surface area (Å²) in [6, 6.07) is 18.6. The number of alkyl carbamates (subject to hydrolysis) is 1. The first kappa shape index (κ1) is 21.4. The van der Waals surface area contributed by atoms with Crippen molar-refractivity contribution in [3.8, 4) is 17.0 Å². The van der Waals surface area contributed by atoms with Crippen LogP contribution >= 0.6 is 0 Å². The minimum atomic E-state index is -1.11. The standard InChI is InChI=1S/C25H24N2O5/c1-31-23-13-11-16(14-26-23)10-12-22(24(28)29)27-25(30)32-15-21-19-8-4-2-6-17(19)18-7-3-5-9-20(18)21/h2-9,11,13-14,21-22H,10,12,15H2,1H3,(H,27,30)(H,28,29)/t22-/m0/s1. The fourth-order valence-corrected chi connectivity index (χ4v) is 4.03. The third-order valence-electron chi connectivity index (χ3n) is 5.66. The number of ether oxygens (including phenoxy) is 2. The Bertz CT molecular complexity index is 1070. The molecule has 1 aromatic heterocycles. The number of aliphatic carboxylic acids is 1. The van der Waals surface area contributed by atoms with Crippen molar-refractivity contribution in [2.24, 2.45) is 0 Å². The maximum absolute atomic E-state index is 12.4. The molecule has 0 unspecified atom stereocenters. The molecular weight excluding hydrogens is 408 g/mol. The number of carbonyl (C=O) groups excluding carboxylic acids is 1. The van der Waals surface area contributed by atoms with Crippen molar-refractivity contribution < 1.29 is 24.2 Å². The van der Waals surface area contributed by atoms with Crippen LogP contribution in [0.2, 0.25) is 0 Å². The lowest BCUT2D eigenvalue weighted by Gasteiger charge is -2.17. The normalized spacial score (nSPS) is 13.0. The monoisotopic (exact) mass is 432 g/mol. The number of benzene rings is 2. The van der Waals surface area contributed by atoms with E-state index in [1.807, 2.05) is 42.5 Å². The van der Waals surface area contributed by atoms with Crippen molar-refractivity contribution in [2.75, 3.05) is 13.7 Å². The van der Waals surface area contributed by atoms with Crippen LogP contribution in [-0.4, -0.2) is 41.9 Å². The first-order valence-electron chi connectivity index (χ1n) is 10.4. The lowest BCUT2D eigenvalue weighted by atomic mass is 9.98. The van der Waals surface area contributed by atoms with Gasteiger partial charge in [-0.1, -0.05) is 54.6 Å². The number of aryl methyl sites for hydroxylation is 1. The Labute approximate surface area is 186 Å². The van der Waals surface area contributed by atoms with Gasteiger partial charge in [-0.15, -0.1) is 0 Å². The Morgan fingerprint density at radius 3 is 2.25 bits per heavy atom. The van der Waals surface area contributed by atoms with Crippen LogP contribution in [-0.2, 0) is 16.0 Å². The van der Waals surface area contributed by atoms with Gasteiger partial charge < -0.3 is 19.9 Å². The summed E-state index contributed by atoms with van der Waals surface area (Å²) >= 11 is 0. The number of aromatic nitrogens is 1. The Kier molecular flexibility index (Phi) is 6.35. The predicted molar refractivity (Wildman–Crippen MR) is 119 cm³/mol. The Hall–Kier alpha value is -3.87. The molecule has 164 valence electrons. The second kappa shape index (κ2) is 9.51. The fourth-order valence-electron chi connectivity index (χ4n) is 4.03. The summed E-state index contributed by atoms with van der Waals surface area (Å²) in [5.41, 5.74) is 5.32. The Balaban J connectivity index is 1.36. The number of amides is 1. The van der Waals surface area contributed by atoms with Gasteiger partial charge in [0, 0.05) is 18.2 Å². The van der Waals surface area contributed by atoms with E-state index in [4.69, 9.17) is 9.47 Å². The van der Waals surface area contributed by atoms with E-state index in [9.17, 15) is 14.7 Å². The molecule has 3 aromatic rings. The summed E-state index contributed by atoms with van der Waals surface area (Å²) in [6.07, 6.45) is 1.54. The van der Waals surface area contributed by atoms with E-state index in [1.165, 1.54) is 7.11 Å². The highest BCUT2D eigenvalue weighted by atomic mass is 16.5. The quantitative estimate of drug-likeness (QED) is 0.558. The number of carboxylic acid groups (broad SMARTS) is 1. The third-order valence-corrected chi connectivity index (χ3v) is 5.66. The summed E-state index contributed by atoms with van der Waals surface area (Å²) < 4.78 is 10.5. The van der Waals surface area contributed by atoms with Gasteiger partial charge >= 0.3 is 12.1 Å². The number of nitrogens with one attached hydrogen (secondary N) is 1. The van der Waals surface area contributed by atoms with Crippen LogP contribution in [0.25, 0.3) is 11.1 Å². The van der Waals surface area contributed by atoms with Gasteiger partial charge in [0.15, 0.2) is 0 Å². The topological polar surface area (TPSA) is 97.8 Å². The zero-order valence-electron chi connectivity index (χ0n) is 17.7. The maximum Gasteiger partial charge on any atom is 0.407 e. The number of carboxylic acids is 1. The Morgan fingerprint density at radius 2 is 1.69 bits per heavy atom. The summed E-state index contributed by atoms with van der Waals surface area (Å²) in [6.45, 7) is 0.134. The van der Waals surface area contributed by atoms with Crippen LogP contribution in [0.4, 0.5) is 4.79 Å². The van der Waals surface area contributed by atoms with Crippen LogP contribution < -0.4 is 10.1 Å². The first-order chi connectivity index (χ1) is 15.6. The molecule has 0 saturated carbocycles. The van der Waals surface area contributed by atoms with Crippen LogP contribution in [0.1, 0.15) is 29.0 Å². The molecule has 1 heterocycles. The molecule has 7 heteroatoms. The molecule has 0 bridgehead atoms. The van der Waals surface area contributed by atoms with Gasteiger partial charge in [0.25, 0.3) is 0 Å². The van der Waals surface area contributed by atoms with Gasteiger partial charge in [-0.3, -0.25) is 0 Å².